The fourth-order valence-electron chi connectivity index (χ4n) is 4.30. The molecule has 0 spiro atoms. The van der Waals surface area contributed by atoms with Crippen molar-refractivity contribution >= 4 is 40.2 Å². The highest BCUT2D eigenvalue weighted by Crippen LogP contribution is 2.41. The van der Waals surface area contributed by atoms with Crippen LogP contribution in [0.25, 0.3) is 10.4 Å². The van der Waals surface area contributed by atoms with Gasteiger partial charge in [-0.2, -0.15) is 13.2 Å². The van der Waals surface area contributed by atoms with Crippen molar-refractivity contribution in [1.29, 1.82) is 0 Å². The van der Waals surface area contributed by atoms with E-state index in [-0.39, 0.29) is 35.4 Å². The minimum absolute atomic E-state index is 0.122. The van der Waals surface area contributed by atoms with Gasteiger partial charge in [0.1, 0.15) is 17.3 Å². The third-order valence-electron chi connectivity index (χ3n) is 6.81. The van der Waals surface area contributed by atoms with Crippen LogP contribution < -0.4 is 16.4 Å². The molecule has 0 bridgehead atoms. The van der Waals surface area contributed by atoms with Crippen LogP contribution in [0.1, 0.15) is 42.0 Å². The van der Waals surface area contributed by atoms with Gasteiger partial charge in [0, 0.05) is 25.0 Å². The van der Waals surface area contributed by atoms with Gasteiger partial charge in [-0.1, -0.05) is 11.3 Å². The number of methoxy groups -OCH3 is 1. The molecule has 0 aliphatic carbocycles. The number of nitrogens with two attached hydrogens (primary N) is 1. The Hall–Kier alpha value is -4.27. The highest BCUT2D eigenvalue weighted by Gasteiger charge is 2.49. The number of ether oxygens (including phenoxy) is 1. The Kier molecular flexibility index (Phi) is 8.19. The van der Waals surface area contributed by atoms with E-state index in [1.54, 1.807) is 19.1 Å². The van der Waals surface area contributed by atoms with E-state index < -0.39 is 35.5 Å². The highest BCUT2D eigenvalue weighted by molar-refractivity contribution is 7.19. The summed E-state index contributed by atoms with van der Waals surface area (Å²) >= 11 is 1.09. The van der Waals surface area contributed by atoms with Gasteiger partial charge >= 0.3 is 18.2 Å². The van der Waals surface area contributed by atoms with Gasteiger partial charge in [-0.15, -0.1) is 0 Å². The molecule has 218 valence electrons. The van der Waals surface area contributed by atoms with Gasteiger partial charge in [0.25, 0.3) is 0 Å². The SMILES string of the molecule is COC(=O)c1ccc(N[C@@H]2C[C@@H](C(N)=O)N(C(=O)Nc3nc(C)c(-c4ccnc(C(C)(C)C(F)(F)F)c4)s3)C2)nc1. The predicted octanol–water partition coefficient (Wildman–Crippen LogP) is 4.11. The first-order valence-electron chi connectivity index (χ1n) is 12.4. The number of likely N-dealkylation sites (tertiary alicyclic amines) is 1. The predicted molar refractivity (Wildman–Crippen MR) is 145 cm³/mol. The lowest BCUT2D eigenvalue weighted by Gasteiger charge is -2.27. The number of nitrogens with zero attached hydrogens (tertiary/aromatic N) is 4. The summed E-state index contributed by atoms with van der Waals surface area (Å²) in [6.07, 6.45) is -1.62. The molecule has 15 heteroatoms. The zero-order valence-corrected chi connectivity index (χ0v) is 23.4. The lowest BCUT2D eigenvalue weighted by Crippen LogP contribution is -2.45. The monoisotopic (exact) mass is 591 g/mol. The van der Waals surface area contributed by atoms with Gasteiger partial charge in [-0.05, 0) is 57.0 Å². The van der Waals surface area contributed by atoms with Crippen LogP contribution >= 0.6 is 11.3 Å². The van der Waals surface area contributed by atoms with E-state index in [4.69, 9.17) is 5.73 Å². The maximum Gasteiger partial charge on any atom is 0.399 e. The number of aromatic nitrogens is 3. The number of nitrogens with one attached hydrogen (secondary N) is 2. The van der Waals surface area contributed by atoms with Gasteiger partial charge in [-0.3, -0.25) is 15.1 Å². The topological polar surface area (TPSA) is 152 Å². The van der Waals surface area contributed by atoms with E-state index in [1.165, 1.54) is 36.5 Å². The molecule has 0 saturated carbocycles. The fourth-order valence-corrected chi connectivity index (χ4v) is 5.25. The van der Waals surface area contributed by atoms with Crippen LogP contribution in [0.3, 0.4) is 0 Å². The maximum atomic E-state index is 13.6. The largest absolute Gasteiger partial charge is 0.465 e. The Labute approximate surface area is 237 Å². The third kappa shape index (κ3) is 6.24. The van der Waals surface area contributed by atoms with E-state index in [0.717, 1.165) is 25.2 Å². The van der Waals surface area contributed by atoms with Gasteiger partial charge < -0.3 is 20.7 Å². The number of pyridine rings is 2. The van der Waals surface area contributed by atoms with Gasteiger partial charge in [0.05, 0.1) is 28.9 Å². The van der Waals surface area contributed by atoms with Crippen LogP contribution in [0, 0.1) is 6.92 Å². The Bertz CT molecular complexity index is 1460. The van der Waals surface area contributed by atoms with E-state index in [0.29, 0.717) is 22.0 Å². The molecule has 41 heavy (non-hydrogen) atoms. The molecule has 0 aromatic carbocycles. The standard InChI is InChI=1S/C26H28F3N7O4S/c1-13-20(14-7-8-31-18(9-14)25(2,3)26(27,28)29)41-23(33-13)35-24(39)36-12-16(10-17(36)21(30)37)34-19-6-5-15(11-32-19)22(38)40-4/h5-9,11,16-17H,10,12H2,1-4H3,(H2,30,37)(H,32,34)(H,33,35,39)/t16-,17+/m1/s1. The van der Waals surface area contributed by atoms with E-state index in [1.807, 2.05) is 0 Å². The molecule has 3 aromatic heterocycles. The summed E-state index contributed by atoms with van der Waals surface area (Å²) in [5.74, 6) is -0.790. The number of aryl methyl sites for hydroxylation is 1. The van der Waals surface area contributed by atoms with Crippen molar-refractivity contribution in [2.24, 2.45) is 5.73 Å². The molecule has 1 aliphatic heterocycles. The number of hydrogen-bond acceptors (Lipinski definition) is 9. The number of thiazole rings is 1. The summed E-state index contributed by atoms with van der Waals surface area (Å²) < 4.78 is 45.3. The number of carbonyl (C=O) groups excluding carboxylic acids is 3. The average Bonchev–Trinajstić information content (AvgIpc) is 3.51. The lowest BCUT2D eigenvalue weighted by molar-refractivity contribution is -0.181. The van der Waals surface area contributed by atoms with Crippen molar-refractivity contribution in [3.05, 3.63) is 53.6 Å². The summed E-state index contributed by atoms with van der Waals surface area (Å²) in [6.45, 7) is 3.92. The molecule has 11 nitrogen and oxygen atoms in total. The minimum atomic E-state index is -4.50. The fraction of sp³-hybridized carbons (Fsp3) is 0.385. The van der Waals surface area contributed by atoms with E-state index >= 15 is 0 Å². The van der Waals surface area contributed by atoms with Crippen molar-refractivity contribution in [3.63, 3.8) is 0 Å². The Morgan fingerprint density at radius 3 is 2.51 bits per heavy atom. The highest BCUT2D eigenvalue weighted by atomic mass is 32.1. The van der Waals surface area contributed by atoms with Crippen molar-refractivity contribution < 1.29 is 32.3 Å². The summed E-state index contributed by atoms with van der Waals surface area (Å²) in [4.78, 5) is 51.3. The van der Waals surface area contributed by atoms with Gasteiger partial charge in [0.2, 0.25) is 5.91 Å². The van der Waals surface area contributed by atoms with Crippen LogP contribution in [0.2, 0.25) is 0 Å². The smallest absolute Gasteiger partial charge is 0.399 e. The molecule has 4 heterocycles. The number of rotatable bonds is 7. The third-order valence-corrected chi connectivity index (χ3v) is 7.93. The maximum absolute atomic E-state index is 13.6. The number of anilines is 2. The average molecular weight is 592 g/mol. The summed E-state index contributed by atoms with van der Waals surface area (Å²) in [5.41, 5.74) is 4.52. The van der Waals surface area contributed by atoms with Crippen LogP contribution in [-0.4, -0.2) is 69.7 Å². The number of hydrogen-bond donors (Lipinski definition) is 3. The number of primary amides is 1. The van der Waals surface area contributed by atoms with Gasteiger partial charge in [0.15, 0.2) is 5.13 Å². The second-order valence-corrected chi connectivity index (χ2v) is 11.0. The number of esters is 1. The number of amides is 3. The molecule has 4 N–H and O–H groups in total. The molecular formula is C26H28F3N7O4S. The molecule has 1 saturated heterocycles. The first-order chi connectivity index (χ1) is 19.2. The van der Waals surface area contributed by atoms with Crippen molar-refractivity contribution in [2.45, 2.75) is 50.9 Å². The first-order valence-corrected chi connectivity index (χ1v) is 13.2. The molecular weight excluding hydrogens is 563 g/mol. The zero-order valence-electron chi connectivity index (χ0n) is 22.6. The van der Waals surface area contributed by atoms with Gasteiger partial charge in [-0.25, -0.2) is 19.6 Å². The zero-order chi connectivity index (χ0) is 30.1. The molecule has 3 amide bonds. The van der Waals surface area contributed by atoms with E-state index in [9.17, 15) is 27.6 Å². The summed E-state index contributed by atoms with van der Waals surface area (Å²) in [6, 6.07) is 4.17. The quantitative estimate of drug-likeness (QED) is 0.347. The number of urea groups is 1. The molecule has 0 unspecified atom stereocenters. The number of halogens is 3. The van der Waals surface area contributed by atoms with E-state index in [2.05, 4.69) is 30.3 Å². The summed E-state index contributed by atoms with van der Waals surface area (Å²) in [7, 11) is 1.26. The van der Waals surface area contributed by atoms with Crippen molar-refractivity contribution in [1.82, 2.24) is 19.9 Å². The Balaban J connectivity index is 1.48. The molecule has 1 fully saturated rings. The van der Waals surface area contributed by atoms with Crippen LogP contribution in [0.15, 0.2) is 36.7 Å². The Morgan fingerprint density at radius 2 is 1.90 bits per heavy atom. The van der Waals surface area contributed by atoms with Crippen molar-refractivity contribution in [2.75, 3.05) is 24.3 Å². The number of alkyl halides is 3. The molecule has 0 radical (unpaired) electrons. The van der Waals surface area contributed by atoms with Crippen molar-refractivity contribution in [3.8, 4) is 10.4 Å². The second-order valence-electron chi connectivity index (χ2n) is 9.99. The normalized spacial score (nSPS) is 17.3. The second kappa shape index (κ2) is 11.3. The van der Waals surface area contributed by atoms with Crippen LogP contribution in [0.5, 0.6) is 0 Å². The van der Waals surface area contributed by atoms with Crippen LogP contribution in [0.4, 0.5) is 28.9 Å². The molecule has 2 atom stereocenters. The first kappa shape index (κ1) is 29.7. The minimum Gasteiger partial charge on any atom is -0.465 e. The summed E-state index contributed by atoms with van der Waals surface area (Å²) in [5, 5.41) is 6.01. The molecule has 3 aromatic rings. The molecule has 1 aliphatic rings. The lowest BCUT2D eigenvalue weighted by atomic mass is 9.87. The molecule has 4 rings (SSSR count). The Morgan fingerprint density at radius 1 is 1.17 bits per heavy atom. The number of carbonyl (C=O) groups is 3. The van der Waals surface area contributed by atoms with Crippen LogP contribution in [-0.2, 0) is 14.9 Å².